The first kappa shape index (κ1) is 13.7. The second kappa shape index (κ2) is 5.81. The Hall–Kier alpha value is -2.37. The van der Waals surface area contributed by atoms with Crippen LogP contribution in [0.25, 0.3) is 0 Å². The molecule has 0 saturated carbocycles. The molecule has 2 N–H and O–H groups in total. The van der Waals surface area contributed by atoms with Gasteiger partial charge in [-0.25, -0.2) is 4.79 Å². The topological polar surface area (TPSA) is 86.7 Å². The summed E-state index contributed by atoms with van der Waals surface area (Å²) in [5, 5.41) is 11.1. The highest BCUT2D eigenvalue weighted by Crippen LogP contribution is 2.11. The lowest BCUT2D eigenvalue weighted by atomic mass is 10.1. The molecule has 0 aliphatic rings. The van der Waals surface area contributed by atoms with Crippen molar-refractivity contribution in [1.29, 1.82) is 0 Å². The molecule has 6 heteroatoms. The number of benzene rings is 1. The van der Waals surface area contributed by atoms with Crippen molar-refractivity contribution in [2.24, 2.45) is 0 Å². The molecule has 1 aromatic carbocycles. The number of nitrogens with one attached hydrogen (secondary N) is 1. The van der Waals surface area contributed by atoms with E-state index in [1.54, 1.807) is 18.2 Å². The van der Waals surface area contributed by atoms with Crippen molar-refractivity contribution in [3.8, 4) is 0 Å². The normalized spacial score (nSPS) is 9.67. The Kier molecular flexibility index (Phi) is 4.42. The Morgan fingerprint density at radius 1 is 1.33 bits per heavy atom. The Labute approximate surface area is 104 Å². The summed E-state index contributed by atoms with van der Waals surface area (Å²) in [7, 11) is 1.37. The molecule has 0 aromatic heterocycles. The molecule has 0 atom stereocenters. The van der Waals surface area contributed by atoms with E-state index in [9.17, 15) is 14.4 Å². The number of likely N-dealkylation sites (N-methyl/N-ethyl adjacent to an activating group) is 1. The van der Waals surface area contributed by atoms with Gasteiger partial charge in [0.15, 0.2) is 5.78 Å². The Bertz CT molecular complexity index is 485. The van der Waals surface area contributed by atoms with Gasteiger partial charge in [0.25, 0.3) is 0 Å². The van der Waals surface area contributed by atoms with Gasteiger partial charge < -0.3 is 15.3 Å². The maximum atomic E-state index is 11.6. The summed E-state index contributed by atoms with van der Waals surface area (Å²) in [6, 6.07) is 5.90. The maximum absolute atomic E-state index is 11.6. The Morgan fingerprint density at radius 2 is 2.00 bits per heavy atom. The van der Waals surface area contributed by atoms with Gasteiger partial charge in [0.2, 0.25) is 0 Å². The second-order valence-corrected chi connectivity index (χ2v) is 3.82. The van der Waals surface area contributed by atoms with E-state index in [1.165, 1.54) is 20.0 Å². The first-order chi connectivity index (χ1) is 8.40. The first-order valence-electron chi connectivity index (χ1n) is 5.25. The minimum atomic E-state index is -1.09. The van der Waals surface area contributed by atoms with E-state index in [0.717, 1.165) is 4.90 Å². The molecule has 0 saturated heterocycles. The van der Waals surface area contributed by atoms with Crippen molar-refractivity contribution in [3.05, 3.63) is 29.8 Å². The van der Waals surface area contributed by atoms with Gasteiger partial charge in [0, 0.05) is 18.3 Å². The van der Waals surface area contributed by atoms with Crippen molar-refractivity contribution in [2.45, 2.75) is 6.92 Å². The van der Waals surface area contributed by atoms with Gasteiger partial charge in [-0.05, 0) is 19.1 Å². The Morgan fingerprint density at radius 3 is 2.56 bits per heavy atom. The summed E-state index contributed by atoms with van der Waals surface area (Å²) in [4.78, 5) is 34.2. The number of anilines is 1. The largest absolute Gasteiger partial charge is 0.480 e. The van der Waals surface area contributed by atoms with Gasteiger partial charge in [0.1, 0.15) is 6.54 Å². The van der Waals surface area contributed by atoms with Crippen LogP contribution in [0, 0.1) is 0 Å². The number of aliphatic carboxylic acids is 1. The summed E-state index contributed by atoms with van der Waals surface area (Å²) in [6.07, 6.45) is 0. The third-order valence-corrected chi connectivity index (χ3v) is 2.24. The average molecular weight is 250 g/mol. The second-order valence-electron chi connectivity index (χ2n) is 3.82. The van der Waals surface area contributed by atoms with Crippen molar-refractivity contribution in [2.75, 3.05) is 18.9 Å². The highest BCUT2D eigenvalue weighted by molar-refractivity contribution is 5.97. The number of carbonyl (C=O) groups is 3. The van der Waals surface area contributed by atoms with Crippen LogP contribution < -0.4 is 5.32 Å². The quantitative estimate of drug-likeness (QED) is 0.791. The number of carboxylic acids is 1. The molecule has 0 radical (unpaired) electrons. The molecule has 1 rings (SSSR count). The van der Waals surface area contributed by atoms with E-state index in [-0.39, 0.29) is 5.78 Å². The van der Waals surface area contributed by atoms with Crippen LogP contribution in [0.2, 0.25) is 0 Å². The number of carbonyl (C=O) groups excluding carboxylic acids is 2. The molecule has 0 aliphatic carbocycles. The van der Waals surface area contributed by atoms with Crippen LogP contribution in [-0.4, -0.2) is 41.4 Å². The lowest BCUT2D eigenvalue weighted by molar-refractivity contribution is -0.137. The zero-order chi connectivity index (χ0) is 13.7. The van der Waals surface area contributed by atoms with Gasteiger partial charge >= 0.3 is 12.0 Å². The molecule has 96 valence electrons. The minimum absolute atomic E-state index is 0.106. The van der Waals surface area contributed by atoms with Crippen LogP contribution in [-0.2, 0) is 4.79 Å². The maximum Gasteiger partial charge on any atom is 0.323 e. The van der Waals surface area contributed by atoms with Crippen LogP contribution in [0.15, 0.2) is 24.3 Å². The molecule has 6 nitrogen and oxygen atoms in total. The van der Waals surface area contributed by atoms with Gasteiger partial charge in [-0.3, -0.25) is 9.59 Å². The van der Waals surface area contributed by atoms with Crippen LogP contribution in [0.4, 0.5) is 10.5 Å². The minimum Gasteiger partial charge on any atom is -0.480 e. The molecule has 1 aromatic rings. The standard InChI is InChI=1S/C12H14N2O4/c1-8(15)9-4-3-5-10(6-9)13-12(18)14(2)7-11(16)17/h3-6H,7H2,1-2H3,(H,13,18)(H,16,17). The number of rotatable bonds is 4. The summed E-state index contributed by atoms with van der Waals surface area (Å²) < 4.78 is 0. The zero-order valence-electron chi connectivity index (χ0n) is 10.1. The van der Waals surface area contributed by atoms with Crippen LogP contribution in [0.5, 0.6) is 0 Å². The highest BCUT2D eigenvalue weighted by Gasteiger charge is 2.12. The molecule has 0 heterocycles. The number of urea groups is 1. The molecule has 0 fully saturated rings. The number of amides is 2. The number of carboxylic acid groups (broad SMARTS) is 1. The smallest absolute Gasteiger partial charge is 0.323 e. The van der Waals surface area contributed by atoms with Gasteiger partial charge in [-0.15, -0.1) is 0 Å². The van der Waals surface area contributed by atoms with E-state index >= 15 is 0 Å². The summed E-state index contributed by atoms with van der Waals surface area (Å²) in [6.45, 7) is 1.04. The molecule has 0 unspecified atom stereocenters. The van der Waals surface area contributed by atoms with Gasteiger partial charge in [-0.1, -0.05) is 12.1 Å². The van der Waals surface area contributed by atoms with Crippen LogP contribution >= 0.6 is 0 Å². The highest BCUT2D eigenvalue weighted by atomic mass is 16.4. The number of hydrogen-bond donors (Lipinski definition) is 2. The molecule has 18 heavy (non-hydrogen) atoms. The third-order valence-electron chi connectivity index (χ3n) is 2.24. The molecular weight excluding hydrogens is 236 g/mol. The molecule has 0 aliphatic heterocycles. The van der Waals surface area contributed by atoms with E-state index in [1.807, 2.05) is 0 Å². The predicted octanol–water partition coefficient (Wildman–Crippen LogP) is 1.44. The van der Waals surface area contributed by atoms with Crippen molar-refractivity contribution in [3.63, 3.8) is 0 Å². The van der Waals surface area contributed by atoms with Crippen molar-refractivity contribution in [1.82, 2.24) is 4.90 Å². The Balaban J connectivity index is 2.72. The monoisotopic (exact) mass is 250 g/mol. The van der Waals surface area contributed by atoms with Crippen molar-refractivity contribution >= 4 is 23.5 Å². The molecule has 0 spiro atoms. The zero-order valence-corrected chi connectivity index (χ0v) is 10.1. The van der Waals surface area contributed by atoms with E-state index in [4.69, 9.17) is 5.11 Å². The molecule has 2 amide bonds. The number of nitrogens with zero attached hydrogens (tertiary/aromatic N) is 1. The van der Waals surface area contributed by atoms with E-state index in [0.29, 0.717) is 11.3 Å². The number of ketones is 1. The van der Waals surface area contributed by atoms with E-state index < -0.39 is 18.5 Å². The number of Topliss-reactive ketones (excluding diaryl/α,β-unsaturated/α-hetero) is 1. The van der Waals surface area contributed by atoms with Crippen LogP contribution in [0.3, 0.4) is 0 Å². The molecular formula is C12H14N2O4. The van der Waals surface area contributed by atoms with Gasteiger partial charge in [0.05, 0.1) is 0 Å². The lowest BCUT2D eigenvalue weighted by Gasteiger charge is -2.15. The average Bonchev–Trinajstić information content (AvgIpc) is 2.28. The van der Waals surface area contributed by atoms with Crippen molar-refractivity contribution < 1.29 is 19.5 Å². The third kappa shape index (κ3) is 3.89. The fraction of sp³-hybridized carbons (Fsp3) is 0.250. The van der Waals surface area contributed by atoms with Crippen LogP contribution in [0.1, 0.15) is 17.3 Å². The molecule has 0 bridgehead atoms. The fourth-order valence-corrected chi connectivity index (χ4v) is 1.31. The summed E-state index contributed by atoms with van der Waals surface area (Å²) in [5.74, 6) is -1.20. The first-order valence-corrected chi connectivity index (χ1v) is 5.25. The predicted molar refractivity (Wildman–Crippen MR) is 65.7 cm³/mol. The van der Waals surface area contributed by atoms with Gasteiger partial charge in [-0.2, -0.15) is 0 Å². The SMILES string of the molecule is CC(=O)c1cccc(NC(=O)N(C)CC(=O)O)c1. The lowest BCUT2D eigenvalue weighted by Crippen LogP contribution is -2.35. The fourth-order valence-electron chi connectivity index (χ4n) is 1.31. The number of hydrogen-bond acceptors (Lipinski definition) is 3. The summed E-state index contributed by atoms with van der Waals surface area (Å²) in [5.41, 5.74) is 0.929. The summed E-state index contributed by atoms with van der Waals surface area (Å²) >= 11 is 0. The van der Waals surface area contributed by atoms with E-state index in [2.05, 4.69) is 5.32 Å².